The number of nitrogens with zero attached hydrogens (tertiary/aromatic N) is 2. The normalized spacial score (nSPS) is 10.7. The van der Waals surface area contributed by atoms with Gasteiger partial charge in [0.05, 0.1) is 12.3 Å². The van der Waals surface area contributed by atoms with Crippen molar-refractivity contribution in [3.8, 4) is 5.88 Å². The molecule has 0 spiro atoms. The van der Waals surface area contributed by atoms with Gasteiger partial charge in [-0.05, 0) is 17.7 Å². The molecule has 3 N–H and O–H groups in total. The van der Waals surface area contributed by atoms with Gasteiger partial charge in [0.15, 0.2) is 0 Å². The molecular weight excluding hydrogens is 239 g/mol. The summed E-state index contributed by atoms with van der Waals surface area (Å²) in [7, 11) is 0. The monoisotopic (exact) mass is 248 g/mol. The molecule has 1 heterocycles. The van der Waals surface area contributed by atoms with E-state index in [0.29, 0.717) is 5.56 Å². The van der Waals surface area contributed by atoms with Gasteiger partial charge in [-0.25, -0.2) is 9.82 Å². The van der Waals surface area contributed by atoms with Crippen LogP contribution in [0.5, 0.6) is 5.88 Å². The standard InChI is InChI=1S/C11H9FN4O2/c12-8-3-1-7(2-4-8)6-13-16-11-14-9(17)5-10(18)15-11/h1-6H,(H3,14,15,16,17,18)/b13-6+. The average Bonchev–Trinajstić information content (AvgIpc) is 2.30. The Morgan fingerprint density at radius 2 is 2.11 bits per heavy atom. The molecule has 0 aliphatic carbocycles. The number of hydrazone groups is 1. The summed E-state index contributed by atoms with van der Waals surface area (Å²) in [4.78, 5) is 16.9. The van der Waals surface area contributed by atoms with Gasteiger partial charge in [-0.15, -0.1) is 0 Å². The van der Waals surface area contributed by atoms with Gasteiger partial charge in [0.1, 0.15) is 5.82 Å². The van der Waals surface area contributed by atoms with E-state index >= 15 is 0 Å². The first kappa shape index (κ1) is 11.8. The van der Waals surface area contributed by atoms with Crippen LogP contribution in [0.25, 0.3) is 0 Å². The summed E-state index contributed by atoms with van der Waals surface area (Å²) in [6.07, 6.45) is 1.42. The number of nitrogens with one attached hydrogen (secondary N) is 2. The minimum absolute atomic E-state index is 0.0124. The van der Waals surface area contributed by atoms with E-state index in [1.165, 1.54) is 18.3 Å². The van der Waals surface area contributed by atoms with Crippen molar-refractivity contribution >= 4 is 12.2 Å². The van der Waals surface area contributed by atoms with E-state index in [2.05, 4.69) is 20.5 Å². The molecular formula is C11H9FN4O2. The minimum Gasteiger partial charge on any atom is -0.493 e. The number of hydrogen-bond donors (Lipinski definition) is 3. The predicted molar refractivity (Wildman–Crippen MR) is 64.1 cm³/mol. The zero-order valence-corrected chi connectivity index (χ0v) is 9.09. The quantitative estimate of drug-likeness (QED) is 0.559. The van der Waals surface area contributed by atoms with Crippen LogP contribution in [0.15, 0.2) is 40.2 Å². The Kier molecular flexibility index (Phi) is 3.33. The summed E-state index contributed by atoms with van der Waals surface area (Å²) >= 11 is 0. The second-order valence-electron chi connectivity index (χ2n) is 3.37. The molecule has 0 saturated carbocycles. The number of aromatic nitrogens is 2. The molecule has 0 fully saturated rings. The largest absolute Gasteiger partial charge is 0.493 e. The van der Waals surface area contributed by atoms with Gasteiger partial charge in [-0.3, -0.25) is 9.78 Å². The van der Waals surface area contributed by atoms with Crippen molar-refractivity contribution in [2.75, 3.05) is 5.43 Å². The smallest absolute Gasteiger partial charge is 0.256 e. The van der Waals surface area contributed by atoms with E-state index < -0.39 is 11.4 Å². The molecule has 6 nitrogen and oxygen atoms in total. The van der Waals surface area contributed by atoms with Crippen LogP contribution in [0.3, 0.4) is 0 Å². The highest BCUT2D eigenvalue weighted by molar-refractivity contribution is 5.79. The van der Waals surface area contributed by atoms with Crippen LogP contribution in [0.2, 0.25) is 0 Å². The van der Waals surface area contributed by atoms with Gasteiger partial charge < -0.3 is 5.11 Å². The Bertz CT molecular complexity index is 622. The third-order valence-electron chi connectivity index (χ3n) is 1.98. The number of aromatic hydroxyl groups is 1. The van der Waals surface area contributed by atoms with Crippen molar-refractivity contribution < 1.29 is 9.50 Å². The SMILES string of the molecule is O=c1cc(O)nc(N/N=C/c2ccc(F)cc2)[nH]1. The summed E-state index contributed by atoms with van der Waals surface area (Å²) in [5, 5.41) is 12.9. The molecule has 0 amide bonds. The van der Waals surface area contributed by atoms with Gasteiger partial charge in [-0.1, -0.05) is 12.1 Å². The maximum Gasteiger partial charge on any atom is 0.256 e. The van der Waals surface area contributed by atoms with Crippen molar-refractivity contribution in [1.29, 1.82) is 0 Å². The third-order valence-corrected chi connectivity index (χ3v) is 1.98. The van der Waals surface area contributed by atoms with Crippen LogP contribution in [-0.4, -0.2) is 21.3 Å². The van der Waals surface area contributed by atoms with E-state index in [4.69, 9.17) is 5.11 Å². The lowest BCUT2D eigenvalue weighted by molar-refractivity contribution is 0.452. The lowest BCUT2D eigenvalue weighted by atomic mass is 10.2. The molecule has 1 aromatic heterocycles. The third kappa shape index (κ3) is 3.14. The van der Waals surface area contributed by atoms with Gasteiger partial charge in [0.2, 0.25) is 11.8 Å². The highest BCUT2D eigenvalue weighted by atomic mass is 19.1. The first-order valence-electron chi connectivity index (χ1n) is 4.98. The van der Waals surface area contributed by atoms with E-state index in [-0.39, 0.29) is 11.8 Å². The molecule has 0 saturated heterocycles. The van der Waals surface area contributed by atoms with Crippen molar-refractivity contribution in [1.82, 2.24) is 9.97 Å². The molecule has 0 aliphatic heterocycles. The molecule has 7 heteroatoms. The summed E-state index contributed by atoms with van der Waals surface area (Å²) in [5.41, 5.74) is 2.61. The number of rotatable bonds is 3. The first-order valence-corrected chi connectivity index (χ1v) is 4.98. The summed E-state index contributed by atoms with van der Waals surface area (Å²) in [5.74, 6) is -0.726. The number of anilines is 1. The Morgan fingerprint density at radius 1 is 1.39 bits per heavy atom. The van der Waals surface area contributed by atoms with Crippen LogP contribution >= 0.6 is 0 Å². The molecule has 0 atom stereocenters. The number of H-pyrrole nitrogens is 1. The first-order chi connectivity index (χ1) is 8.63. The second-order valence-corrected chi connectivity index (χ2v) is 3.37. The van der Waals surface area contributed by atoms with Gasteiger partial charge >= 0.3 is 0 Å². The fourth-order valence-electron chi connectivity index (χ4n) is 1.21. The molecule has 2 aromatic rings. The van der Waals surface area contributed by atoms with Crippen molar-refractivity contribution in [3.05, 3.63) is 52.1 Å². The summed E-state index contributed by atoms with van der Waals surface area (Å²) < 4.78 is 12.6. The second kappa shape index (κ2) is 5.09. The summed E-state index contributed by atoms with van der Waals surface area (Å²) in [6.45, 7) is 0. The van der Waals surface area contributed by atoms with Crippen molar-refractivity contribution in [2.24, 2.45) is 5.10 Å². The molecule has 0 aliphatic rings. The molecule has 0 bridgehead atoms. The summed E-state index contributed by atoms with van der Waals surface area (Å²) in [6, 6.07) is 6.62. The van der Waals surface area contributed by atoms with Crippen LogP contribution in [0, 0.1) is 5.82 Å². The van der Waals surface area contributed by atoms with Crippen molar-refractivity contribution in [2.45, 2.75) is 0 Å². The highest BCUT2D eigenvalue weighted by Gasteiger charge is 1.97. The van der Waals surface area contributed by atoms with Crippen LogP contribution < -0.4 is 11.0 Å². The number of hydrogen-bond acceptors (Lipinski definition) is 5. The van der Waals surface area contributed by atoms with Gasteiger partial charge in [-0.2, -0.15) is 10.1 Å². The lowest BCUT2D eigenvalue weighted by Gasteiger charge is -1.98. The lowest BCUT2D eigenvalue weighted by Crippen LogP contribution is -2.08. The Hall–Kier alpha value is -2.70. The maximum absolute atomic E-state index is 12.6. The zero-order chi connectivity index (χ0) is 13.0. The zero-order valence-electron chi connectivity index (χ0n) is 9.09. The Labute approximate surface area is 101 Å². The molecule has 18 heavy (non-hydrogen) atoms. The molecule has 2 rings (SSSR count). The Balaban J connectivity index is 2.07. The fraction of sp³-hybridized carbons (Fsp3) is 0. The van der Waals surface area contributed by atoms with Gasteiger partial charge in [0, 0.05) is 0 Å². The fourth-order valence-corrected chi connectivity index (χ4v) is 1.21. The topological polar surface area (TPSA) is 90.4 Å². The molecule has 92 valence electrons. The van der Waals surface area contributed by atoms with Crippen molar-refractivity contribution in [3.63, 3.8) is 0 Å². The van der Waals surface area contributed by atoms with E-state index in [0.717, 1.165) is 6.07 Å². The van der Waals surface area contributed by atoms with Crippen LogP contribution in [0.1, 0.15) is 5.56 Å². The van der Waals surface area contributed by atoms with Crippen LogP contribution in [0.4, 0.5) is 10.3 Å². The van der Waals surface area contributed by atoms with Crippen LogP contribution in [-0.2, 0) is 0 Å². The molecule has 0 radical (unpaired) electrons. The highest BCUT2D eigenvalue weighted by Crippen LogP contribution is 2.03. The van der Waals surface area contributed by atoms with Gasteiger partial charge in [0.25, 0.3) is 5.56 Å². The van der Waals surface area contributed by atoms with E-state index in [1.807, 2.05) is 0 Å². The predicted octanol–water partition coefficient (Wildman–Crippen LogP) is 1.06. The number of aromatic amines is 1. The molecule has 0 unspecified atom stereocenters. The van der Waals surface area contributed by atoms with E-state index in [1.54, 1.807) is 12.1 Å². The average molecular weight is 248 g/mol. The van der Waals surface area contributed by atoms with E-state index in [9.17, 15) is 9.18 Å². The number of benzene rings is 1. The number of halogens is 1. The molecule has 1 aromatic carbocycles. The Morgan fingerprint density at radius 3 is 2.78 bits per heavy atom. The maximum atomic E-state index is 12.6. The minimum atomic E-state index is -0.498.